The van der Waals surface area contributed by atoms with Crippen LogP contribution < -0.4 is 10.6 Å². The first-order chi connectivity index (χ1) is 12.6. The van der Waals surface area contributed by atoms with E-state index in [2.05, 4.69) is 25.8 Å². The monoisotopic (exact) mass is 351 g/mol. The van der Waals surface area contributed by atoms with Gasteiger partial charge in [0.15, 0.2) is 0 Å². The largest absolute Gasteiger partial charge is 0.421 e. The highest BCUT2D eigenvalue weighted by Gasteiger charge is 2.11. The van der Waals surface area contributed by atoms with Crippen LogP contribution in [0.4, 0.5) is 11.4 Å². The number of rotatable bonds is 6. The molecule has 8 nitrogen and oxygen atoms in total. The van der Waals surface area contributed by atoms with Crippen molar-refractivity contribution in [1.29, 1.82) is 0 Å². The molecule has 0 fully saturated rings. The average molecular weight is 351 g/mol. The molecule has 0 atom stereocenters. The predicted molar refractivity (Wildman–Crippen MR) is 95.2 cm³/mol. The molecule has 0 radical (unpaired) electrons. The molecule has 3 rings (SSSR count). The smallest absolute Gasteiger partial charge is 0.247 e. The van der Waals surface area contributed by atoms with Gasteiger partial charge in [0, 0.05) is 49.1 Å². The van der Waals surface area contributed by atoms with Crippen molar-refractivity contribution in [2.24, 2.45) is 0 Å². The Balaban J connectivity index is 1.55. The summed E-state index contributed by atoms with van der Waals surface area (Å²) in [7, 11) is 0. The molecule has 0 unspecified atom stereocenters. The van der Waals surface area contributed by atoms with Gasteiger partial charge in [-0.05, 0) is 30.3 Å². The van der Waals surface area contributed by atoms with Crippen LogP contribution >= 0.6 is 0 Å². The molecule has 0 saturated heterocycles. The lowest BCUT2D eigenvalue weighted by atomic mass is 10.2. The van der Waals surface area contributed by atoms with Crippen LogP contribution in [-0.2, 0) is 16.0 Å². The Kier molecular flexibility index (Phi) is 5.33. The van der Waals surface area contributed by atoms with Crippen LogP contribution in [0, 0.1) is 0 Å². The fourth-order valence-corrected chi connectivity index (χ4v) is 2.29. The van der Waals surface area contributed by atoms with E-state index in [9.17, 15) is 9.59 Å². The minimum atomic E-state index is -0.186. The third kappa shape index (κ3) is 4.73. The quantitative estimate of drug-likeness (QED) is 0.706. The summed E-state index contributed by atoms with van der Waals surface area (Å²) >= 11 is 0. The van der Waals surface area contributed by atoms with Crippen molar-refractivity contribution in [1.82, 2.24) is 15.2 Å². The van der Waals surface area contributed by atoms with E-state index in [4.69, 9.17) is 4.42 Å². The number of hydrogen-bond acceptors (Lipinski definition) is 6. The van der Waals surface area contributed by atoms with Crippen molar-refractivity contribution < 1.29 is 14.0 Å². The minimum Gasteiger partial charge on any atom is -0.421 e. The van der Waals surface area contributed by atoms with Gasteiger partial charge in [-0.3, -0.25) is 14.6 Å². The van der Waals surface area contributed by atoms with Gasteiger partial charge in [0.05, 0.1) is 0 Å². The summed E-state index contributed by atoms with van der Waals surface area (Å²) in [5.41, 5.74) is 2.00. The van der Waals surface area contributed by atoms with Crippen LogP contribution in [0.15, 0.2) is 53.2 Å². The average Bonchev–Trinajstić information content (AvgIpc) is 3.09. The molecule has 2 aromatic heterocycles. The first-order valence-electron chi connectivity index (χ1n) is 8.00. The molecule has 26 heavy (non-hydrogen) atoms. The summed E-state index contributed by atoms with van der Waals surface area (Å²) in [5, 5.41) is 13.4. The summed E-state index contributed by atoms with van der Waals surface area (Å²) < 4.78 is 5.56. The van der Waals surface area contributed by atoms with Crippen LogP contribution in [0.25, 0.3) is 11.5 Å². The van der Waals surface area contributed by atoms with Crippen molar-refractivity contribution in [2.75, 3.05) is 10.6 Å². The number of hydrogen-bond donors (Lipinski definition) is 2. The van der Waals surface area contributed by atoms with Gasteiger partial charge in [0.1, 0.15) is 0 Å². The molecule has 0 bridgehead atoms. The molecule has 0 aliphatic rings. The summed E-state index contributed by atoms with van der Waals surface area (Å²) in [6.45, 7) is 1.43. The maximum atomic E-state index is 12.1. The van der Waals surface area contributed by atoms with E-state index < -0.39 is 0 Å². The van der Waals surface area contributed by atoms with Gasteiger partial charge in [0.2, 0.25) is 23.6 Å². The van der Waals surface area contributed by atoms with E-state index in [1.54, 1.807) is 48.8 Å². The fourth-order valence-electron chi connectivity index (χ4n) is 2.29. The van der Waals surface area contributed by atoms with Gasteiger partial charge in [-0.2, -0.15) is 0 Å². The highest BCUT2D eigenvalue weighted by Crippen LogP contribution is 2.18. The predicted octanol–water partition coefficient (Wildman–Crippen LogP) is 2.66. The normalized spacial score (nSPS) is 10.3. The number of pyridine rings is 1. The summed E-state index contributed by atoms with van der Waals surface area (Å²) in [4.78, 5) is 27.1. The van der Waals surface area contributed by atoms with Crippen LogP contribution in [-0.4, -0.2) is 27.0 Å². The van der Waals surface area contributed by atoms with Crippen molar-refractivity contribution >= 4 is 23.2 Å². The lowest BCUT2D eigenvalue weighted by Gasteiger charge is -2.07. The molecule has 2 heterocycles. The highest BCUT2D eigenvalue weighted by atomic mass is 16.4. The van der Waals surface area contributed by atoms with Crippen molar-refractivity contribution in [3.63, 3.8) is 0 Å². The Morgan fingerprint density at radius 3 is 2.50 bits per heavy atom. The van der Waals surface area contributed by atoms with Gasteiger partial charge in [-0.25, -0.2) is 0 Å². The van der Waals surface area contributed by atoms with E-state index >= 15 is 0 Å². The minimum absolute atomic E-state index is 0.171. The molecular weight excluding hydrogens is 334 g/mol. The number of anilines is 2. The van der Waals surface area contributed by atoms with Crippen LogP contribution in [0.2, 0.25) is 0 Å². The number of nitrogens with one attached hydrogen (secondary N) is 2. The van der Waals surface area contributed by atoms with Crippen LogP contribution in [0.1, 0.15) is 19.2 Å². The Bertz CT molecular complexity index is 908. The maximum absolute atomic E-state index is 12.1. The number of amides is 2. The summed E-state index contributed by atoms with van der Waals surface area (Å²) in [5.74, 6) is 0.424. The second kappa shape index (κ2) is 8.02. The Morgan fingerprint density at radius 1 is 1.04 bits per heavy atom. The van der Waals surface area contributed by atoms with Gasteiger partial charge in [-0.15, -0.1) is 10.2 Å². The SMILES string of the molecule is CC(=O)Nc1cccc(NC(=O)CCc2nnc(-c3ccncc3)o2)c1. The highest BCUT2D eigenvalue weighted by molar-refractivity contribution is 5.93. The van der Waals surface area contributed by atoms with E-state index in [0.29, 0.717) is 29.6 Å². The molecule has 0 aliphatic heterocycles. The third-order valence-electron chi connectivity index (χ3n) is 3.43. The molecular formula is C18H17N5O3. The molecule has 2 amide bonds. The fraction of sp³-hybridized carbons (Fsp3) is 0.167. The van der Waals surface area contributed by atoms with Crippen molar-refractivity contribution in [3.8, 4) is 11.5 Å². The first kappa shape index (κ1) is 17.3. The van der Waals surface area contributed by atoms with Gasteiger partial charge in [0.25, 0.3) is 0 Å². The number of benzene rings is 1. The maximum Gasteiger partial charge on any atom is 0.247 e. The second-order valence-electron chi connectivity index (χ2n) is 5.55. The molecule has 3 aromatic rings. The molecule has 2 N–H and O–H groups in total. The van der Waals surface area contributed by atoms with Gasteiger partial charge in [-0.1, -0.05) is 6.07 Å². The van der Waals surface area contributed by atoms with Crippen molar-refractivity contribution in [2.45, 2.75) is 19.8 Å². The second-order valence-corrected chi connectivity index (χ2v) is 5.55. The number of aryl methyl sites for hydroxylation is 1. The molecule has 0 aliphatic carbocycles. The van der Waals surface area contributed by atoms with Crippen LogP contribution in [0.5, 0.6) is 0 Å². The van der Waals surface area contributed by atoms with Crippen molar-refractivity contribution in [3.05, 3.63) is 54.7 Å². The van der Waals surface area contributed by atoms with Crippen LogP contribution in [0.3, 0.4) is 0 Å². The number of nitrogens with zero attached hydrogens (tertiary/aromatic N) is 3. The third-order valence-corrected chi connectivity index (χ3v) is 3.43. The zero-order chi connectivity index (χ0) is 18.4. The number of carbonyl (C=O) groups excluding carboxylic acids is 2. The molecule has 0 saturated carbocycles. The molecule has 0 spiro atoms. The van der Waals surface area contributed by atoms with E-state index in [1.807, 2.05) is 0 Å². The Hall–Kier alpha value is -3.55. The lowest BCUT2D eigenvalue weighted by molar-refractivity contribution is -0.116. The number of carbonyl (C=O) groups is 2. The lowest BCUT2D eigenvalue weighted by Crippen LogP contribution is -2.13. The van der Waals surface area contributed by atoms with E-state index in [1.165, 1.54) is 6.92 Å². The standard InChI is InChI=1S/C18H17N5O3/c1-12(24)20-14-3-2-4-15(11-14)21-16(25)5-6-17-22-23-18(26-17)13-7-9-19-10-8-13/h2-4,7-11H,5-6H2,1H3,(H,20,24)(H,21,25). The van der Waals surface area contributed by atoms with Gasteiger partial charge >= 0.3 is 0 Å². The first-order valence-corrected chi connectivity index (χ1v) is 8.00. The topological polar surface area (TPSA) is 110 Å². The summed E-state index contributed by atoms with van der Waals surface area (Å²) in [6, 6.07) is 10.5. The van der Waals surface area contributed by atoms with E-state index in [-0.39, 0.29) is 18.2 Å². The Labute approximate surface area is 149 Å². The molecule has 8 heteroatoms. The van der Waals surface area contributed by atoms with Gasteiger partial charge < -0.3 is 15.1 Å². The number of aromatic nitrogens is 3. The zero-order valence-electron chi connectivity index (χ0n) is 14.1. The van der Waals surface area contributed by atoms with E-state index in [0.717, 1.165) is 5.56 Å². The Morgan fingerprint density at radius 2 is 1.77 bits per heavy atom. The molecule has 1 aromatic carbocycles. The summed E-state index contributed by atoms with van der Waals surface area (Å²) in [6.07, 6.45) is 3.81. The zero-order valence-corrected chi connectivity index (χ0v) is 14.1. The molecule has 132 valence electrons.